The summed E-state index contributed by atoms with van der Waals surface area (Å²) in [6, 6.07) is 4.06. The summed E-state index contributed by atoms with van der Waals surface area (Å²) >= 11 is 13.7. The molecule has 0 N–H and O–H groups in total. The van der Waals surface area contributed by atoms with Crippen LogP contribution in [0.15, 0.2) is 12.1 Å². The molecule has 0 nitrogen and oxygen atoms in total. The lowest BCUT2D eigenvalue weighted by molar-refractivity contribution is 0.378. The lowest BCUT2D eigenvalue weighted by atomic mass is 9.89. The van der Waals surface area contributed by atoms with Crippen molar-refractivity contribution in [1.82, 2.24) is 0 Å². The van der Waals surface area contributed by atoms with Crippen LogP contribution in [0.4, 0.5) is 0 Å². The smallest absolute Gasteiger partial charge is 0.0931 e. The Labute approximate surface area is 100 Å². The first-order valence-electron chi connectivity index (χ1n) is 4.89. The van der Waals surface area contributed by atoms with Crippen LogP contribution in [0, 0.1) is 11.8 Å². The molecule has 14 heavy (non-hydrogen) atoms. The van der Waals surface area contributed by atoms with E-state index in [9.17, 15) is 0 Å². The highest BCUT2D eigenvalue weighted by Crippen LogP contribution is 2.29. The van der Waals surface area contributed by atoms with Crippen molar-refractivity contribution >= 4 is 34.5 Å². The fourth-order valence-electron chi connectivity index (χ4n) is 1.62. The van der Waals surface area contributed by atoms with E-state index in [1.54, 1.807) is 11.3 Å². The van der Waals surface area contributed by atoms with Gasteiger partial charge in [-0.05, 0) is 37.3 Å². The van der Waals surface area contributed by atoms with E-state index in [0.29, 0.717) is 11.8 Å². The summed E-state index contributed by atoms with van der Waals surface area (Å²) in [6.45, 7) is 6.51. The van der Waals surface area contributed by atoms with Crippen LogP contribution in [0.2, 0.25) is 4.34 Å². The van der Waals surface area contributed by atoms with E-state index in [1.165, 1.54) is 4.88 Å². The summed E-state index contributed by atoms with van der Waals surface area (Å²) in [6.07, 6.45) is 1.04. The van der Waals surface area contributed by atoms with E-state index in [0.717, 1.165) is 10.8 Å². The Kier molecular flexibility index (Phi) is 4.75. The molecule has 0 aliphatic heterocycles. The van der Waals surface area contributed by atoms with Gasteiger partial charge >= 0.3 is 0 Å². The molecule has 2 atom stereocenters. The molecular formula is C11H16Cl2S. The van der Waals surface area contributed by atoms with Gasteiger partial charge in [0.25, 0.3) is 0 Å². The number of halogens is 2. The standard InChI is InChI=1S/C11H16Cl2S/c1-7(2)10(8(3)12)6-9-4-5-11(13)14-9/h4-5,7-8,10H,6H2,1-3H3. The monoisotopic (exact) mass is 250 g/mol. The van der Waals surface area contributed by atoms with Crippen molar-refractivity contribution in [3.8, 4) is 0 Å². The Bertz CT molecular complexity index is 271. The molecule has 0 aliphatic carbocycles. The third-order valence-corrected chi connectivity index (χ3v) is 4.09. The third kappa shape index (κ3) is 3.45. The van der Waals surface area contributed by atoms with Crippen LogP contribution in [0.3, 0.4) is 0 Å². The van der Waals surface area contributed by atoms with Crippen molar-refractivity contribution in [2.45, 2.75) is 32.6 Å². The maximum atomic E-state index is 6.17. The maximum absolute atomic E-state index is 6.17. The number of hydrogen-bond acceptors (Lipinski definition) is 1. The first-order valence-corrected chi connectivity index (χ1v) is 6.52. The predicted molar refractivity (Wildman–Crippen MR) is 66.7 cm³/mol. The first kappa shape index (κ1) is 12.4. The Hall–Kier alpha value is 0.280. The van der Waals surface area contributed by atoms with Gasteiger partial charge in [-0.25, -0.2) is 0 Å². The molecule has 3 heteroatoms. The van der Waals surface area contributed by atoms with Gasteiger partial charge in [0.1, 0.15) is 0 Å². The molecule has 0 saturated carbocycles. The summed E-state index contributed by atoms with van der Waals surface area (Å²) < 4.78 is 0.865. The second-order valence-electron chi connectivity index (χ2n) is 4.00. The van der Waals surface area contributed by atoms with Crippen molar-refractivity contribution in [2.75, 3.05) is 0 Å². The highest BCUT2D eigenvalue weighted by Gasteiger charge is 2.20. The average molecular weight is 251 g/mol. The number of rotatable bonds is 4. The van der Waals surface area contributed by atoms with Crippen LogP contribution >= 0.6 is 34.5 Å². The zero-order valence-electron chi connectivity index (χ0n) is 8.76. The molecule has 0 radical (unpaired) electrons. The fourth-order valence-corrected chi connectivity index (χ4v) is 3.16. The lowest BCUT2D eigenvalue weighted by Gasteiger charge is -2.22. The van der Waals surface area contributed by atoms with E-state index in [2.05, 4.69) is 26.8 Å². The van der Waals surface area contributed by atoms with E-state index >= 15 is 0 Å². The van der Waals surface area contributed by atoms with Crippen molar-refractivity contribution < 1.29 is 0 Å². The fraction of sp³-hybridized carbons (Fsp3) is 0.636. The van der Waals surface area contributed by atoms with Gasteiger partial charge in [-0.15, -0.1) is 22.9 Å². The zero-order chi connectivity index (χ0) is 10.7. The molecule has 0 amide bonds. The summed E-state index contributed by atoms with van der Waals surface area (Å²) in [5.41, 5.74) is 0. The molecule has 0 fully saturated rings. The zero-order valence-corrected chi connectivity index (χ0v) is 11.1. The topological polar surface area (TPSA) is 0 Å². The Morgan fingerprint density at radius 2 is 1.93 bits per heavy atom. The molecule has 0 bridgehead atoms. The summed E-state index contributed by atoms with van der Waals surface area (Å²) in [5.74, 6) is 1.15. The number of thiophene rings is 1. The van der Waals surface area contributed by atoms with Gasteiger partial charge in [0.2, 0.25) is 0 Å². The Morgan fingerprint density at radius 3 is 2.29 bits per heavy atom. The van der Waals surface area contributed by atoms with E-state index in [1.807, 2.05) is 6.07 Å². The van der Waals surface area contributed by atoms with Gasteiger partial charge < -0.3 is 0 Å². The van der Waals surface area contributed by atoms with Gasteiger partial charge in [-0.1, -0.05) is 25.4 Å². The minimum absolute atomic E-state index is 0.218. The van der Waals surface area contributed by atoms with Crippen LogP contribution in [0.5, 0.6) is 0 Å². The summed E-state index contributed by atoms with van der Waals surface area (Å²) in [5, 5.41) is 0.218. The molecule has 1 aromatic heterocycles. The maximum Gasteiger partial charge on any atom is 0.0931 e. The second-order valence-corrected chi connectivity index (χ2v) is 6.48. The van der Waals surface area contributed by atoms with Crippen LogP contribution in [0.1, 0.15) is 25.6 Å². The lowest BCUT2D eigenvalue weighted by Crippen LogP contribution is -2.20. The minimum Gasteiger partial charge on any atom is -0.128 e. The Morgan fingerprint density at radius 1 is 1.29 bits per heavy atom. The van der Waals surface area contributed by atoms with Crippen molar-refractivity contribution in [3.05, 3.63) is 21.3 Å². The largest absolute Gasteiger partial charge is 0.128 e. The molecule has 1 aromatic rings. The number of alkyl halides is 1. The molecule has 2 unspecified atom stereocenters. The molecule has 0 aromatic carbocycles. The van der Waals surface area contributed by atoms with Crippen LogP contribution in [-0.2, 0) is 6.42 Å². The molecule has 1 rings (SSSR count). The normalized spacial score (nSPS) is 15.9. The molecule has 0 aliphatic rings. The molecule has 80 valence electrons. The number of hydrogen-bond donors (Lipinski definition) is 0. The predicted octanol–water partition coefficient (Wildman–Crippen LogP) is 4.84. The highest BCUT2D eigenvalue weighted by atomic mass is 35.5. The van der Waals surface area contributed by atoms with E-state index in [-0.39, 0.29) is 5.38 Å². The Balaban J connectivity index is 2.64. The second kappa shape index (κ2) is 5.39. The SMILES string of the molecule is CC(C)C(Cc1ccc(Cl)s1)C(C)Cl. The van der Waals surface area contributed by atoms with Crippen molar-refractivity contribution in [3.63, 3.8) is 0 Å². The van der Waals surface area contributed by atoms with E-state index < -0.39 is 0 Å². The quantitative estimate of drug-likeness (QED) is 0.671. The summed E-state index contributed by atoms with van der Waals surface area (Å²) in [4.78, 5) is 1.33. The van der Waals surface area contributed by atoms with Gasteiger partial charge in [0.15, 0.2) is 0 Å². The van der Waals surface area contributed by atoms with Crippen LogP contribution < -0.4 is 0 Å². The molecule has 1 heterocycles. The first-order chi connectivity index (χ1) is 6.50. The van der Waals surface area contributed by atoms with Gasteiger partial charge in [0, 0.05) is 10.3 Å². The van der Waals surface area contributed by atoms with Gasteiger partial charge in [-0.2, -0.15) is 0 Å². The third-order valence-electron chi connectivity index (χ3n) is 2.51. The highest BCUT2D eigenvalue weighted by molar-refractivity contribution is 7.16. The molecule has 0 spiro atoms. The van der Waals surface area contributed by atoms with Gasteiger partial charge in [-0.3, -0.25) is 0 Å². The van der Waals surface area contributed by atoms with E-state index in [4.69, 9.17) is 23.2 Å². The minimum atomic E-state index is 0.218. The summed E-state index contributed by atoms with van der Waals surface area (Å²) in [7, 11) is 0. The van der Waals surface area contributed by atoms with Crippen molar-refractivity contribution in [2.24, 2.45) is 11.8 Å². The van der Waals surface area contributed by atoms with Crippen LogP contribution in [-0.4, -0.2) is 5.38 Å². The van der Waals surface area contributed by atoms with Gasteiger partial charge in [0.05, 0.1) is 4.34 Å². The molecule has 0 saturated heterocycles. The van der Waals surface area contributed by atoms with Crippen LogP contribution in [0.25, 0.3) is 0 Å². The molecular weight excluding hydrogens is 235 g/mol. The van der Waals surface area contributed by atoms with Crippen molar-refractivity contribution in [1.29, 1.82) is 0 Å². The average Bonchev–Trinajstić information content (AvgIpc) is 2.46.